The summed E-state index contributed by atoms with van der Waals surface area (Å²) in [5, 5.41) is 6.25. The number of hydrogen-bond donors (Lipinski definition) is 2. The molecule has 1 aliphatic rings. The quantitative estimate of drug-likeness (QED) is 0.847. The molecule has 2 rings (SSSR count). The van der Waals surface area contributed by atoms with Gasteiger partial charge < -0.3 is 15.4 Å². The van der Waals surface area contributed by atoms with E-state index in [2.05, 4.69) is 16.7 Å². The highest BCUT2D eigenvalue weighted by atomic mass is 35.5. The zero-order chi connectivity index (χ0) is 14.4. The summed E-state index contributed by atoms with van der Waals surface area (Å²) < 4.78 is 5.55. The van der Waals surface area contributed by atoms with Crippen molar-refractivity contribution in [1.29, 1.82) is 0 Å². The van der Waals surface area contributed by atoms with Crippen LogP contribution in [-0.2, 0) is 4.79 Å². The highest BCUT2D eigenvalue weighted by molar-refractivity contribution is 5.85. The molecule has 1 fully saturated rings. The summed E-state index contributed by atoms with van der Waals surface area (Å²) >= 11 is 0. The standard InChI is InChI=1S/C16H24N2O2.ClH/c1-12-3-4-15(13(2)9-12)20-11-16(19)18-8-6-14-5-7-17-10-14;/h3-4,9,14,17H,5-8,10-11H2,1-2H3,(H,18,19);1H. The fraction of sp³-hybridized carbons (Fsp3) is 0.562. The normalized spacial score (nSPS) is 17.1. The predicted molar refractivity (Wildman–Crippen MR) is 87.3 cm³/mol. The van der Waals surface area contributed by atoms with Crippen molar-refractivity contribution in [2.45, 2.75) is 26.7 Å². The number of rotatable bonds is 6. The Morgan fingerprint density at radius 1 is 1.43 bits per heavy atom. The molecule has 1 amide bonds. The molecule has 1 aliphatic heterocycles. The number of nitrogens with one attached hydrogen (secondary N) is 2. The van der Waals surface area contributed by atoms with Crippen LogP contribution in [0.15, 0.2) is 18.2 Å². The van der Waals surface area contributed by atoms with Crippen LogP contribution in [0.4, 0.5) is 0 Å². The molecule has 0 radical (unpaired) electrons. The lowest BCUT2D eigenvalue weighted by Crippen LogP contribution is -2.31. The van der Waals surface area contributed by atoms with Crippen LogP contribution >= 0.6 is 12.4 Å². The summed E-state index contributed by atoms with van der Waals surface area (Å²) in [5.41, 5.74) is 2.26. The minimum absolute atomic E-state index is 0. The van der Waals surface area contributed by atoms with Crippen molar-refractivity contribution in [2.24, 2.45) is 5.92 Å². The van der Waals surface area contributed by atoms with Crippen LogP contribution in [0.25, 0.3) is 0 Å². The fourth-order valence-corrected chi connectivity index (χ4v) is 2.53. The molecule has 21 heavy (non-hydrogen) atoms. The molecule has 1 unspecified atom stereocenters. The summed E-state index contributed by atoms with van der Waals surface area (Å²) in [6.45, 7) is 7.05. The summed E-state index contributed by atoms with van der Waals surface area (Å²) in [7, 11) is 0. The lowest BCUT2D eigenvalue weighted by Gasteiger charge is -2.11. The van der Waals surface area contributed by atoms with Gasteiger partial charge in [-0.1, -0.05) is 17.7 Å². The maximum Gasteiger partial charge on any atom is 0.257 e. The average molecular weight is 313 g/mol. The van der Waals surface area contributed by atoms with Gasteiger partial charge in [-0.05, 0) is 57.3 Å². The third-order valence-corrected chi connectivity index (χ3v) is 3.73. The Bertz CT molecular complexity index is 460. The molecule has 1 saturated heterocycles. The van der Waals surface area contributed by atoms with E-state index in [1.54, 1.807) is 0 Å². The molecule has 1 aromatic carbocycles. The van der Waals surface area contributed by atoms with Crippen LogP contribution in [-0.4, -0.2) is 32.1 Å². The molecule has 0 bridgehead atoms. The lowest BCUT2D eigenvalue weighted by molar-refractivity contribution is -0.123. The monoisotopic (exact) mass is 312 g/mol. The van der Waals surface area contributed by atoms with Crippen molar-refractivity contribution in [2.75, 3.05) is 26.2 Å². The smallest absolute Gasteiger partial charge is 0.257 e. The molecule has 0 spiro atoms. The SMILES string of the molecule is Cc1ccc(OCC(=O)NCCC2CCNC2)c(C)c1.Cl. The van der Waals surface area contributed by atoms with E-state index < -0.39 is 0 Å². The number of carbonyl (C=O) groups excluding carboxylic acids is 1. The molecule has 0 aromatic heterocycles. The van der Waals surface area contributed by atoms with Crippen molar-refractivity contribution in [3.8, 4) is 5.75 Å². The van der Waals surface area contributed by atoms with Crippen LogP contribution in [0, 0.1) is 19.8 Å². The van der Waals surface area contributed by atoms with Crippen molar-refractivity contribution in [3.05, 3.63) is 29.3 Å². The first-order chi connectivity index (χ1) is 9.65. The topological polar surface area (TPSA) is 50.4 Å². The molecule has 0 aliphatic carbocycles. The number of amides is 1. The van der Waals surface area contributed by atoms with Crippen LogP contribution < -0.4 is 15.4 Å². The van der Waals surface area contributed by atoms with Crippen molar-refractivity contribution in [3.63, 3.8) is 0 Å². The molecule has 1 aromatic rings. The molecular formula is C16H25ClN2O2. The Morgan fingerprint density at radius 2 is 2.24 bits per heavy atom. The van der Waals surface area contributed by atoms with Crippen LogP contribution in [0.2, 0.25) is 0 Å². The predicted octanol–water partition coefficient (Wildman–Crippen LogP) is 2.22. The number of halogens is 1. The Hall–Kier alpha value is -1.26. The second-order valence-electron chi connectivity index (χ2n) is 5.56. The largest absolute Gasteiger partial charge is 0.484 e. The van der Waals surface area contributed by atoms with Crippen molar-refractivity contribution < 1.29 is 9.53 Å². The molecule has 4 nitrogen and oxygen atoms in total. The van der Waals surface area contributed by atoms with Crippen molar-refractivity contribution in [1.82, 2.24) is 10.6 Å². The van der Waals surface area contributed by atoms with Gasteiger partial charge >= 0.3 is 0 Å². The maximum absolute atomic E-state index is 11.7. The summed E-state index contributed by atoms with van der Waals surface area (Å²) in [6, 6.07) is 5.97. The van der Waals surface area contributed by atoms with Gasteiger partial charge in [0.2, 0.25) is 0 Å². The first-order valence-corrected chi connectivity index (χ1v) is 7.32. The molecule has 2 N–H and O–H groups in total. The second kappa shape index (κ2) is 8.90. The van der Waals surface area contributed by atoms with Crippen molar-refractivity contribution >= 4 is 18.3 Å². The number of hydrogen-bond acceptors (Lipinski definition) is 3. The van der Waals surface area contributed by atoms with E-state index >= 15 is 0 Å². The van der Waals surface area contributed by atoms with Gasteiger partial charge in [0.05, 0.1) is 0 Å². The number of benzene rings is 1. The molecule has 5 heteroatoms. The van der Waals surface area contributed by atoms with Gasteiger partial charge in [-0.2, -0.15) is 0 Å². The number of carbonyl (C=O) groups is 1. The van der Waals surface area contributed by atoms with Gasteiger partial charge in [0.25, 0.3) is 5.91 Å². The van der Waals surface area contributed by atoms with Gasteiger partial charge in [-0.3, -0.25) is 4.79 Å². The molecule has 118 valence electrons. The minimum atomic E-state index is -0.0454. The van der Waals surface area contributed by atoms with Gasteiger partial charge in [-0.25, -0.2) is 0 Å². The first-order valence-electron chi connectivity index (χ1n) is 7.32. The first kappa shape index (κ1) is 17.8. The van der Waals surface area contributed by atoms with Crippen LogP contribution in [0.1, 0.15) is 24.0 Å². The third kappa shape index (κ3) is 5.94. The highest BCUT2D eigenvalue weighted by Gasteiger charge is 2.14. The average Bonchev–Trinajstić information content (AvgIpc) is 2.91. The van der Waals surface area contributed by atoms with Gasteiger partial charge in [0.1, 0.15) is 5.75 Å². The van der Waals surface area contributed by atoms with E-state index in [9.17, 15) is 4.79 Å². The highest BCUT2D eigenvalue weighted by Crippen LogP contribution is 2.18. The molecule has 0 saturated carbocycles. The Kier molecular flexibility index (Phi) is 7.54. The Balaban J connectivity index is 0.00000220. The molecule has 1 atom stereocenters. The summed E-state index contributed by atoms with van der Waals surface area (Å²) in [5.74, 6) is 1.44. The number of ether oxygens (including phenoxy) is 1. The Morgan fingerprint density at radius 3 is 2.90 bits per heavy atom. The summed E-state index contributed by atoms with van der Waals surface area (Å²) in [4.78, 5) is 11.7. The zero-order valence-corrected chi connectivity index (χ0v) is 13.6. The third-order valence-electron chi connectivity index (χ3n) is 3.73. The molecule has 1 heterocycles. The van der Waals surface area contributed by atoms with Gasteiger partial charge in [0, 0.05) is 6.54 Å². The van der Waals surface area contributed by atoms with E-state index in [1.807, 2.05) is 26.0 Å². The second-order valence-corrected chi connectivity index (χ2v) is 5.56. The van der Waals surface area contributed by atoms with E-state index in [-0.39, 0.29) is 24.9 Å². The number of aryl methyl sites for hydroxylation is 2. The van der Waals surface area contributed by atoms with E-state index in [1.165, 1.54) is 12.0 Å². The molecular weight excluding hydrogens is 288 g/mol. The zero-order valence-electron chi connectivity index (χ0n) is 12.8. The minimum Gasteiger partial charge on any atom is -0.484 e. The van der Waals surface area contributed by atoms with E-state index in [0.29, 0.717) is 5.92 Å². The van der Waals surface area contributed by atoms with Gasteiger partial charge in [0.15, 0.2) is 6.61 Å². The van der Waals surface area contributed by atoms with E-state index in [4.69, 9.17) is 4.74 Å². The Labute approximate surface area is 133 Å². The fourth-order valence-electron chi connectivity index (χ4n) is 2.53. The van der Waals surface area contributed by atoms with E-state index in [0.717, 1.165) is 37.4 Å². The van der Waals surface area contributed by atoms with Gasteiger partial charge in [-0.15, -0.1) is 12.4 Å². The lowest BCUT2D eigenvalue weighted by atomic mass is 10.1. The van der Waals surface area contributed by atoms with Crippen LogP contribution in [0.3, 0.4) is 0 Å². The summed E-state index contributed by atoms with van der Waals surface area (Å²) in [6.07, 6.45) is 2.26. The maximum atomic E-state index is 11.7. The van der Waals surface area contributed by atoms with Crippen LogP contribution in [0.5, 0.6) is 5.75 Å².